The van der Waals surface area contributed by atoms with Crippen molar-refractivity contribution in [2.75, 3.05) is 5.49 Å². The third-order valence-electron chi connectivity index (χ3n) is 4.04. The predicted molar refractivity (Wildman–Crippen MR) is 100 cm³/mol. The Morgan fingerprint density at radius 1 is 0.524 bits per heavy atom. The molecule has 0 spiro atoms. The average Bonchev–Trinajstić information content (AvgIpc) is 2.59. The molecular formula is C19H19PS. The summed E-state index contributed by atoms with van der Waals surface area (Å²) in [7, 11) is -2.03. The van der Waals surface area contributed by atoms with Crippen molar-refractivity contribution in [1.29, 1.82) is 0 Å². The summed E-state index contributed by atoms with van der Waals surface area (Å²) < 4.78 is 0. The summed E-state index contributed by atoms with van der Waals surface area (Å²) in [4.78, 5) is 0. The van der Waals surface area contributed by atoms with Crippen LogP contribution < -0.4 is 15.9 Å². The summed E-state index contributed by atoms with van der Waals surface area (Å²) in [5, 5.41) is 4.24. The summed E-state index contributed by atoms with van der Waals surface area (Å²) in [6.07, 6.45) is 0. The molecule has 0 fully saturated rings. The van der Waals surface area contributed by atoms with E-state index in [9.17, 15) is 0 Å². The molecule has 0 aliphatic heterocycles. The monoisotopic (exact) mass is 310 g/mol. The van der Waals surface area contributed by atoms with Crippen LogP contribution >= 0.6 is 19.9 Å². The van der Waals surface area contributed by atoms with Crippen LogP contribution in [-0.4, -0.2) is 5.49 Å². The number of rotatable bonds is 4. The topological polar surface area (TPSA) is 0 Å². The summed E-state index contributed by atoms with van der Waals surface area (Å²) >= 11 is 4.80. The van der Waals surface area contributed by atoms with E-state index in [4.69, 9.17) is 12.6 Å². The normalized spacial score (nSPS) is 12.0. The fraction of sp³-hybridized carbons (Fsp3) is 0.0526. The van der Waals surface area contributed by atoms with Crippen LogP contribution in [0.2, 0.25) is 0 Å². The van der Waals surface area contributed by atoms with Crippen molar-refractivity contribution in [3.63, 3.8) is 0 Å². The Balaban J connectivity index is 2.29. The molecule has 0 aromatic heterocycles. The van der Waals surface area contributed by atoms with E-state index in [1.807, 2.05) is 0 Å². The number of benzene rings is 3. The maximum atomic E-state index is 4.80. The van der Waals surface area contributed by atoms with Crippen molar-refractivity contribution in [1.82, 2.24) is 0 Å². The first-order chi connectivity index (χ1) is 10.4. The van der Waals surface area contributed by atoms with Gasteiger partial charge in [-0.25, -0.2) is 0 Å². The van der Waals surface area contributed by atoms with Gasteiger partial charge in [0.25, 0.3) is 0 Å². The van der Waals surface area contributed by atoms with Crippen molar-refractivity contribution in [2.24, 2.45) is 0 Å². The van der Waals surface area contributed by atoms with Crippen molar-refractivity contribution in [2.45, 2.75) is 0 Å². The Morgan fingerprint density at radius 3 is 1.05 bits per heavy atom. The second kappa shape index (κ2) is 6.47. The van der Waals surface area contributed by atoms with Gasteiger partial charge in [-0.1, -0.05) is 0 Å². The summed E-state index contributed by atoms with van der Waals surface area (Å²) in [5.74, 6) is 0. The molecule has 0 unspecified atom stereocenters. The van der Waals surface area contributed by atoms with E-state index in [-0.39, 0.29) is 0 Å². The standard InChI is InChI=1S/C19H19PS/c21-16-20(17-10-4-1-5-11-17,18-12-6-2-7-13-18)19-14-8-3-9-15-19/h1-15,20-21H,16H2. The molecule has 3 rings (SSSR count). The van der Waals surface area contributed by atoms with Crippen LogP contribution in [0.4, 0.5) is 0 Å². The summed E-state index contributed by atoms with van der Waals surface area (Å²) in [5.41, 5.74) is 0.866. The van der Waals surface area contributed by atoms with Crippen LogP contribution in [0.25, 0.3) is 0 Å². The third-order valence-corrected chi connectivity index (χ3v) is 9.89. The first-order valence-corrected chi connectivity index (χ1v) is 9.99. The Labute approximate surface area is 132 Å². The van der Waals surface area contributed by atoms with Gasteiger partial charge in [-0.3, -0.25) is 0 Å². The third kappa shape index (κ3) is 2.64. The number of thiol groups is 1. The van der Waals surface area contributed by atoms with Gasteiger partial charge in [-0.2, -0.15) is 0 Å². The Kier molecular flexibility index (Phi) is 4.43. The molecule has 0 heterocycles. The first kappa shape index (κ1) is 14.4. The van der Waals surface area contributed by atoms with Gasteiger partial charge >= 0.3 is 132 Å². The fourth-order valence-electron chi connectivity index (χ4n) is 2.94. The average molecular weight is 310 g/mol. The predicted octanol–water partition coefficient (Wildman–Crippen LogP) is 3.60. The second-order valence-corrected chi connectivity index (χ2v) is 9.97. The maximum absolute atomic E-state index is 4.80. The molecule has 0 atom stereocenters. The van der Waals surface area contributed by atoms with Gasteiger partial charge in [-0.15, -0.1) is 0 Å². The van der Waals surface area contributed by atoms with Gasteiger partial charge < -0.3 is 0 Å². The molecule has 0 aliphatic rings. The molecule has 0 saturated carbocycles. The van der Waals surface area contributed by atoms with Crippen LogP contribution in [0.3, 0.4) is 0 Å². The van der Waals surface area contributed by atoms with E-state index in [0.29, 0.717) is 0 Å². The molecule has 3 aromatic carbocycles. The van der Waals surface area contributed by atoms with Crippen LogP contribution in [-0.2, 0) is 0 Å². The van der Waals surface area contributed by atoms with Crippen LogP contribution in [0.15, 0.2) is 91.0 Å². The van der Waals surface area contributed by atoms with Gasteiger partial charge in [0.2, 0.25) is 0 Å². The quantitative estimate of drug-likeness (QED) is 0.552. The van der Waals surface area contributed by atoms with E-state index in [1.54, 1.807) is 0 Å². The molecule has 0 N–H and O–H groups in total. The zero-order valence-electron chi connectivity index (χ0n) is 11.8. The fourth-order valence-corrected chi connectivity index (χ4v) is 8.42. The minimum absolute atomic E-state index is 0.866. The van der Waals surface area contributed by atoms with Gasteiger partial charge in [0, 0.05) is 0 Å². The van der Waals surface area contributed by atoms with Gasteiger partial charge in [0.1, 0.15) is 0 Å². The molecule has 0 aliphatic carbocycles. The van der Waals surface area contributed by atoms with Crippen molar-refractivity contribution >= 4 is 35.8 Å². The Bertz CT molecular complexity index is 584. The molecule has 3 aromatic rings. The zero-order chi connectivity index (χ0) is 14.5. The number of hydrogen-bond donors (Lipinski definition) is 1. The molecule has 0 bridgehead atoms. The van der Waals surface area contributed by atoms with E-state index in [1.165, 1.54) is 15.9 Å². The van der Waals surface area contributed by atoms with Crippen molar-refractivity contribution in [3.05, 3.63) is 91.0 Å². The van der Waals surface area contributed by atoms with Gasteiger partial charge in [0.15, 0.2) is 0 Å². The number of hydrogen-bond acceptors (Lipinski definition) is 1. The van der Waals surface area contributed by atoms with E-state index in [2.05, 4.69) is 91.0 Å². The van der Waals surface area contributed by atoms with Gasteiger partial charge in [-0.05, 0) is 0 Å². The SMILES string of the molecule is SC[PH](c1ccccc1)(c1ccccc1)c1ccccc1. The molecular weight excluding hydrogens is 291 g/mol. The zero-order valence-corrected chi connectivity index (χ0v) is 13.7. The van der Waals surface area contributed by atoms with E-state index in [0.717, 1.165) is 5.49 Å². The van der Waals surface area contributed by atoms with Crippen molar-refractivity contribution < 1.29 is 0 Å². The van der Waals surface area contributed by atoms with Crippen LogP contribution in [0, 0.1) is 0 Å². The molecule has 0 radical (unpaired) electrons. The molecule has 21 heavy (non-hydrogen) atoms. The van der Waals surface area contributed by atoms with Crippen LogP contribution in [0.1, 0.15) is 0 Å². The Morgan fingerprint density at radius 2 is 0.810 bits per heavy atom. The molecule has 106 valence electrons. The second-order valence-electron chi connectivity index (χ2n) is 5.16. The molecule has 0 nitrogen and oxygen atoms in total. The van der Waals surface area contributed by atoms with Crippen molar-refractivity contribution in [3.8, 4) is 0 Å². The molecule has 0 amide bonds. The van der Waals surface area contributed by atoms with E-state index >= 15 is 0 Å². The summed E-state index contributed by atoms with van der Waals surface area (Å²) in [6.45, 7) is 0. The van der Waals surface area contributed by atoms with Crippen LogP contribution in [0.5, 0.6) is 0 Å². The van der Waals surface area contributed by atoms with Gasteiger partial charge in [0.05, 0.1) is 0 Å². The molecule has 2 heteroatoms. The summed E-state index contributed by atoms with van der Waals surface area (Å²) in [6, 6.07) is 32.5. The van der Waals surface area contributed by atoms with E-state index < -0.39 is 7.26 Å². The first-order valence-electron chi connectivity index (χ1n) is 7.15. The minimum atomic E-state index is -2.03. The molecule has 0 saturated heterocycles. The Hall–Kier alpha value is -1.56.